The summed E-state index contributed by atoms with van der Waals surface area (Å²) in [7, 11) is 0. The van der Waals surface area contributed by atoms with E-state index in [0.717, 1.165) is 0 Å². The summed E-state index contributed by atoms with van der Waals surface area (Å²) < 4.78 is 5.14. The zero-order valence-corrected chi connectivity index (χ0v) is 9.05. The summed E-state index contributed by atoms with van der Waals surface area (Å²) >= 11 is 1.49. The van der Waals surface area contributed by atoms with Crippen molar-refractivity contribution in [3.63, 3.8) is 0 Å². The van der Waals surface area contributed by atoms with Gasteiger partial charge in [0.05, 0.1) is 0 Å². The molecule has 1 aromatic heterocycles. The van der Waals surface area contributed by atoms with Gasteiger partial charge >= 0.3 is 5.91 Å². The lowest BCUT2D eigenvalue weighted by molar-refractivity contribution is 0.0969. The van der Waals surface area contributed by atoms with Gasteiger partial charge < -0.3 is 4.42 Å². The van der Waals surface area contributed by atoms with Crippen LogP contribution in [0.15, 0.2) is 26.8 Å². The van der Waals surface area contributed by atoms with Crippen LogP contribution in [0.1, 0.15) is 31.3 Å². The molecule has 0 N–H and O–H groups in total. The van der Waals surface area contributed by atoms with Gasteiger partial charge in [-0.05, 0) is 12.1 Å². The van der Waals surface area contributed by atoms with E-state index in [2.05, 4.69) is 5.18 Å². The minimum atomic E-state index is -0.870. The fraction of sp³-hybridized carbons (Fsp3) is 0.444. The maximum absolute atomic E-state index is 10.8. The van der Waals surface area contributed by atoms with E-state index < -0.39 is 5.91 Å². The summed E-state index contributed by atoms with van der Waals surface area (Å²) in [6, 6.07) is 3.12. The molecule has 0 saturated heterocycles. The predicted octanol–water partition coefficient (Wildman–Crippen LogP) is 3.08. The monoisotopic (exact) mass is 213 g/mol. The Hall–Kier alpha value is -1.10. The SMILES string of the molecule is CC(C)(C)Sc1ccc(C(=O)N=O)o1. The van der Waals surface area contributed by atoms with Gasteiger partial charge in [0.25, 0.3) is 0 Å². The molecule has 0 atom stereocenters. The van der Waals surface area contributed by atoms with E-state index in [1.54, 1.807) is 6.07 Å². The molecule has 1 heterocycles. The number of carbonyl (C=O) groups excluding carboxylic acids is 1. The molecule has 0 spiro atoms. The van der Waals surface area contributed by atoms with Crippen molar-refractivity contribution in [3.8, 4) is 0 Å². The summed E-state index contributed by atoms with van der Waals surface area (Å²) in [6.45, 7) is 6.08. The van der Waals surface area contributed by atoms with Crippen molar-refractivity contribution in [1.29, 1.82) is 0 Å². The molecule has 0 bridgehead atoms. The van der Waals surface area contributed by atoms with E-state index in [9.17, 15) is 9.70 Å². The summed E-state index contributed by atoms with van der Waals surface area (Å²) in [5, 5.41) is 2.89. The molecule has 1 aromatic rings. The number of hydrogen-bond acceptors (Lipinski definition) is 4. The Bertz CT molecular complexity index is 351. The molecule has 0 unspecified atom stereocenters. The first-order chi connectivity index (χ1) is 6.42. The molecule has 0 radical (unpaired) electrons. The largest absolute Gasteiger partial charge is 0.444 e. The highest BCUT2D eigenvalue weighted by atomic mass is 32.2. The van der Waals surface area contributed by atoms with Crippen molar-refractivity contribution in [3.05, 3.63) is 22.8 Å². The number of rotatable bonds is 2. The van der Waals surface area contributed by atoms with E-state index >= 15 is 0 Å². The van der Waals surface area contributed by atoms with Crippen LogP contribution in [-0.2, 0) is 0 Å². The van der Waals surface area contributed by atoms with Crippen LogP contribution in [0, 0.1) is 4.91 Å². The van der Waals surface area contributed by atoms with Gasteiger partial charge in [-0.2, -0.15) is 0 Å². The van der Waals surface area contributed by atoms with Crippen molar-refractivity contribution < 1.29 is 9.21 Å². The average molecular weight is 213 g/mol. The second-order valence-electron chi connectivity index (χ2n) is 3.73. The quantitative estimate of drug-likeness (QED) is 0.559. The van der Waals surface area contributed by atoms with Crippen LogP contribution in [0.3, 0.4) is 0 Å². The zero-order chi connectivity index (χ0) is 10.8. The maximum Gasteiger partial charge on any atom is 0.351 e. The van der Waals surface area contributed by atoms with Crippen LogP contribution in [-0.4, -0.2) is 10.7 Å². The van der Waals surface area contributed by atoms with Crippen molar-refractivity contribution in [2.24, 2.45) is 5.18 Å². The van der Waals surface area contributed by atoms with Gasteiger partial charge in [0, 0.05) is 9.92 Å². The Morgan fingerprint density at radius 3 is 2.57 bits per heavy atom. The molecule has 1 rings (SSSR count). The number of thioether (sulfide) groups is 1. The minimum Gasteiger partial charge on any atom is -0.444 e. The second kappa shape index (κ2) is 3.96. The second-order valence-corrected chi connectivity index (χ2v) is 5.56. The van der Waals surface area contributed by atoms with E-state index in [-0.39, 0.29) is 10.5 Å². The maximum atomic E-state index is 10.8. The fourth-order valence-electron chi connectivity index (χ4n) is 0.837. The Morgan fingerprint density at radius 2 is 2.07 bits per heavy atom. The van der Waals surface area contributed by atoms with Crippen LogP contribution >= 0.6 is 11.8 Å². The first-order valence-corrected chi connectivity index (χ1v) is 4.90. The van der Waals surface area contributed by atoms with Crippen LogP contribution in [0.5, 0.6) is 0 Å². The zero-order valence-electron chi connectivity index (χ0n) is 8.23. The normalized spacial score (nSPS) is 11.4. The van der Waals surface area contributed by atoms with Crippen molar-refractivity contribution in [2.75, 3.05) is 0 Å². The van der Waals surface area contributed by atoms with E-state index in [4.69, 9.17) is 4.42 Å². The molecule has 0 aliphatic carbocycles. The van der Waals surface area contributed by atoms with Gasteiger partial charge in [-0.15, -0.1) is 4.91 Å². The lowest BCUT2D eigenvalue weighted by Gasteiger charge is -2.14. The van der Waals surface area contributed by atoms with Crippen LogP contribution in [0.25, 0.3) is 0 Å². The Balaban J connectivity index is 2.78. The highest BCUT2D eigenvalue weighted by Crippen LogP contribution is 2.32. The number of nitroso groups, excluding NO2 is 1. The Morgan fingerprint density at radius 1 is 1.43 bits per heavy atom. The van der Waals surface area contributed by atoms with Crippen molar-refractivity contribution >= 4 is 17.7 Å². The first kappa shape index (κ1) is 11.0. The van der Waals surface area contributed by atoms with Crippen LogP contribution < -0.4 is 0 Å². The van der Waals surface area contributed by atoms with Gasteiger partial charge in [-0.1, -0.05) is 32.5 Å². The third-order valence-electron chi connectivity index (χ3n) is 1.28. The Labute approximate surface area is 86.0 Å². The molecule has 0 saturated carbocycles. The lowest BCUT2D eigenvalue weighted by atomic mass is 10.3. The van der Waals surface area contributed by atoms with E-state index in [1.165, 1.54) is 17.8 Å². The molecule has 0 fully saturated rings. The van der Waals surface area contributed by atoms with Gasteiger partial charge in [0.1, 0.15) is 0 Å². The van der Waals surface area contributed by atoms with Crippen molar-refractivity contribution in [2.45, 2.75) is 30.6 Å². The number of nitrogens with zero attached hydrogens (tertiary/aromatic N) is 1. The van der Waals surface area contributed by atoms with Crippen molar-refractivity contribution in [1.82, 2.24) is 0 Å². The standard InChI is InChI=1S/C9H11NO3S/c1-9(2,3)14-7-5-4-6(13-7)8(11)10-12/h4-5H,1-3H3. The molecule has 1 amide bonds. The van der Waals surface area contributed by atoms with Gasteiger partial charge in [0.2, 0.25) is 0 Å². The van der Waals surface area contributed by atoms with Crippen LogP contribution in [0.4, 0.5) is 0 Å². The molecule has 14 heavy (non-hydrogen) atoms. The topological polar surface area (TPSA) is 59.6 Å². The number of hydrogen-bond donors (Lipinski definition) is 0. The highest BCUT2D eigenvalue weighted by Gasteiger charge is 2.17. The molecule has 76 valence electrons. The molecule has 0 aromatic carbocycles. The fourth-order valence-corrected chi connectivity index (χ4v) is 1.71. The number of amides is 1. The highest BCUT2D eigenvalue weighted by molar-refractivity contribution is 8.00. The summed E-state index contributed by atoms with van der Waals surface area (Å²) in [4.78, 5) is 20.7. The average Bonchev–Trinajstić information content (AvgIpc) is 2.48. The lowest BCUT2D eigenvalue weighted by Crippen LogP contribution is -2.05. The molecular formula is C9H11NO3S. The van der Waals surface area contributed by atoms with Gasteiger partial charge in [-0.25, -0.2) is 0 Å². The molecule has 0 aliphatic heterocycles. The Kier molecular flexibility index (Phi) is 3.10. The van der Waals surface area contributed by atoms with Crippen LogP contribution in [0.2, 0.25) is 0 Å². The number of furan rings is 1. The molecule has 5 heteroatoms. The molecular weight excluding hydrogens is 202 g/mol. The smallest absolute Gasteiger partial charge is 0.351 e. The van der Waals surface area contributed by atoms with E-state index in [1.807, 2.05) is 20.8 Å². The molecule has 0 aliphatic rings. The van der Waals surface area contributed by atoms with E-state index in [0.29, 0.717) is 5.09 Å². The third-order valence-corrected chi connectivity index (χ3v) is 2.31. The summed E-state index contributed by atoms with van der Waals surface area (Å²) in [6.07, 6.45) is 0. The van der Waals surface area contributed by atoms with Gasteiger partial charge in [-0.3, -0.25) is 4.79 Å². The molecule has 4 nitrogen and oxygen atoms in total. The first-order valence-electron chi connectivity index (χ1n) is 4.09. The van der Waals surface area contributed by atoms with Gasteiger partial charge in [0.15, 0.2) is 10.9 Å². The third kappa shape index (κ3) is 2.99. The predicted molar refractivity (Wildman–Crippen MR) is 54.4 cm³/mol. The minimum absolute atomic E-state index is 0.00672. The summed E-state index contributed by atoms with van der Waals surface area (Å²) in [5.41, 5.74) is 0. The number of carbonyl (C=O) groups is 1. The summed E-state index contributed by atoms with van der Waals surface area (Å²) in [5.74, 6) is -0.877.